The van der Waals surface area contributed by atoms with Crippen LogP contribution in [0.3, 0.4) is 0 Å². The first-order chi connectivity index (χ1) is 13.2. The van der Waals surface area contributed by atoms with Crippen LogP contribution in [0.4, 0.5) is 5.13 Å². The molecule has 2 aliphatic rings. The number of aromatic nitrogens is 3. The van der Waals surface area contributed by atoms with Gasteiger partial charge < -0.3 is 14.6 Å². The summed E-state index contributed by atoms with van der Waals surface area (Å²) in [6.45, 7) is 1.31. The summed E-state index contributed by atoms with van der Waals surface area (Å²) in [4.78, 5) is 24.1. The van der Waals surface area contributed by atoms with E-state index >= 15 is 0 Å². The number of amides is 2. The van der Waals surface area contributed by atoms with E-state index in [1.807, 2.05) is 0 Å². The number of rotatable bonds is 8. The van der Waals surface area contributed by atoms with Gasteiger partial charge in [-0.2, -0.15) is 0 Å². The van der Waals surface area contributed by atoms with Crippen molar-refractivity contribution in [2.45, 2.75) is 42.0 Å². The molecule has 1 unspecified atom stereocenters. The minimum Gasteiger partial charge on any atom is -0.376 e. The average molecular weight is 409 g/mol. The molecule has 2 aromatic heterocycles. The third-order valence-electron chi connectivity index (χ3n) is 4.25. The number of thioether (sulfide) groups is 1. The second-order valence-corrected chi connectivity index (χ2v) is 8.64. The lowest BCUT2D eigenvalue weighted by atomic mass is 10.2. The zero-order chi connectivity index (χ0) is 18.6. The van der Waals surface area contributed by atoms with Gasteiger partial charge in [-0.1, -0.05) is 28.3 Å². The average Bonchev–Trinajstić information content (AvgIpc) is 3.09. The highest BCUT2D eigenvalue weighted by Crippen LogP contribution is 2.40. The number of carbonyl (C=O) groups excluding carboxylic acids is 2. The van der Waals surface area contributed by atoms with E-state index in [2.05, 4.69) is 26.0 Å². The van der Waals surface area contributed by atoms with Crippen LogP contribution >= 0.6 is 23.1 Å². The van der Waals surface area contributed by atoms with Crippen LogP contribution in [0.25, 0.3) is 0 Å². The van der Waals surface area contributed by atoms with Crippen LogP contribution in [0.1, 0.15) is 47.8 Å². The fourth-order valence-electron chi connectivity index (χ4n) is 2.65. The maximum Gasteiger partial charge on any atom is 0.279 e. The zero-order valence-electron chi connectivity index (χ0n) is 14.5. The molecule has 2 N–H and O–H groups in total. The molecule has 4 rings (SSSR count). The Morgan fingerprint density at radius 3 is 2.96 bits per heavy atom. The normalized spacial score (nSPS) is 19.2. The van der Waals surface area contributed by atoms with E-state index in [-0.39, 0.29) is 29.4 Å². The van der Waals surface area contributed by atoms with Gasteiger partial charge in [0.25, 0.3) is 5.91 Å². The van der Waals surface area contributed by atoms with Gasteiger partial charge in [-0.05, 0) is 25.7 Å². The third-order valence-corrected chi connectivity index (χ3v) is 6.22. The predicted molar refractivity (Wildman–Crippen MR) is 99.0 cm³/mol. The van der Waals surface area contributed by atoms with Gasteiger partial charge in [-0.15, -0.1) is 10.2 Å². The molecule has 0 bridgehead atoms. The van der Waals surface area contributed by atoms with Gasteiger partial charge in [0.05, 0.1) is 11.9 Å². The highest BCUT2D eigenvalue weighted by Gasteiger charge is 2.29. The van der Waals surface area contributed by atoms with Crippen molar-refractivity contribution < 1.29 is 18.8 Å². The van der Waals surface area contributed by atoms with Crippen LogP contribution in [0.2, 0.25) is 0 Å². The number of nitrogens with zero attached hydrogens (tertiary/aromatic N) is 3. The molecule has 1 aliphatic heterocycles. The van der Waals surface area contributed by atoms with E-state index in [0.717, 1.165) is 38.1 Å². The molecular formula is C16H19N5O4S2. The molecule has 1 saturated carbocycles. The van der Waals surface area contributed by atoms with E-state index < -0.39 is 0 Å². The minimum absolute atomic E-state index is 0.0773. The summed E-state index contributed by atoms with van der Waals surface area (Å²) in [5, 5.41) is 17.6. The largest absolute Gasteiger partial charge is 0.376 e. The molecule has 144 valence electrons. The number of hydrogen-bond acceptors (Lipinski definition) is 9. The van der Waals surface area contributed by atoms with Crippen molar-refractivity contribution in [1.29, 1.82) is 0 Å². The van der Waals surface area contributed by atoms with Crippen molar-refractivity contribution in [3.05, 3.63) is 17.5 Å². The van der Waals surface area contributed by atoms with Crippen molar-refractivity contribution in [2.24, 2.45) is 0 Å². The highest BCUT2D eigenvalue weighted by molar-refractivity contribution is 8.01. The monoisotopic (exact) mass is 409 g/mol. The topological polar surface area (TPSA) is 119 Å². The Bertz CT molecular complexity index is 813. The Balaban J connectivity index is 1.21. The third kappa shape index (κ3) is 5.05. The van der Waals surface area contributed by atoms with Crippen molar-refractivity contribution in [2.75, 3.05) is 24.2 Å². The Labute approximate surface area is 163 Å². The summed E-state index contributed by atoms with van der Waals surface area (Å²) < 4.78 is 11.3. The lowest BCUT2D eigenvalue weighted by Crippen LogP contribution is -2.32. The molecule has 9 nitrogen and oxygen atoms in total. The Hall–Kier alpha value is -1.98. The smallest absolute Gasteiger partial charge is 0.279 e. The van der Waals surface area contributed by atoms with E-state index in [0.29, 0.717) is 21.9 Å². The standard InChI is InChI=1S/C16H19N5O4S2/c22-13(17-7-10-2-1-5-24-10)8-26-16-20-19-15(27-16)18-14(23)11-6-12(25-21-11)9-3-4-9/h6,9-10H,1-5,7-8H2,(H,17,22)(H,18,19,23). The summed E-state index contributed by atoms with van der Waals surface area (Å²) in [6.07, 6.45) is 4.31. The molecule has 1 atom stereocenters. The van der Waals surface area contributed by atoms with Gasteiger partial charge in [-0.3, -0.25) is 14.9 Å². The summed E-state index contributed by atoms with van der Waals surface area (Å²) in [6, 6.07) is 1.67. The van der Waals surface area contributed by atoms with Gasteiger partial charge in [0, 0.05) is 25.1 Å². The minimum atomic E-state index is -0.382. The highest BCUT2D eigenvalue weighted by atomic mass is 32.2. The molecule has 0 spiro atoms. The van der Waals surface area contributed by atoms with Crippen molar-refractivity contribution in [3.8, 4) is 0 Å². The molecular weight excluding hydrogens is 390 g/mol. The zero-order valence-corrected chi connectivity index (χ0v) is 16.1. The number of hydrogen-bond donors (Lipinski definition) is 2. The van der Waals surface area contributed by atoms with E-state index in [9.17, 15) is 9.59 Å². The van der Waals surface area contributed by atoms with Crippen molar-refractivity contribution in [1.82, 2.24) is 20.7 Å². The molecule has 27 heavy (non-hydrogen) atoms. The molecule has 1 saturated heterocycles. The van der Waals surface area contributed by atoms with Crippen LogP contribution in [-0.2, 0) is 9.53 Å². The van der Waals surface area contributed by atoms with Crippen LogP contribution in [0, 0.1) is 0 Å². The van der Waals surface area contributed by atoms with Crippen LogP contribution < -0.4 is 10.6 Å². The van der Waals surface area contributed by atoms with Crippen molar-refractivity contribution in [3.63, 3.8) is 0 Å². The number of ether oxygens (including phenoxy) is 1. The molecule has 2 fully saturated rings. The quantitative estimate of drug-likeness (QED) is 0.502. The van der Waals surface area contributed by atoms with Crippen LogP contribution in [0.5, 0.6) is 0 Å². The predicted octanol–water partition coefficient (Wildman–Crippen LogP) is 2.04. The molecule has 2 aromatic rings. The number of nitrogens with one attached hydrogen (secondary N) is 2. The molecule has 11 heteroatoms. The second kappa shape index (κ2) is 8.36. The van der Waals surface area contributed by atoms with Gasteiger partial charge in [0.2, 0.25) is 11.0 Å². The van der Waals surface area contributed by atoms with Crippen molar-refractivity contribution >= 4 is 40.0 Å². The number of carbonyl (C=O) groups is 2. The molecule has 2 amide bonds. The van der Waals surface area contributed by atoms with Gasteiger partial charge in [0.15, 0.2) is 10.0 Å². The lowest BCUT2D eigenvalue weighted by molar-refractivity contribution is -0.119. The summed E-state index contributed by atoms with van der Waals surface area (Å²) in [5.41, 5.74) is 0.231. The maximum atomic E-state index is 12.2. The number of anilines is 1. The molecule has 3 heterocycles. The Kier molecular flexibility index (Phi) is 5.69. The fourth-order valence-corrected chi connectivity index (χ4v) is 4.22. The first kappa shape index (κ1) is 18.4. The first-order valence-electron chi connectivity index (χ1n) is 8.80. The first-order valence-corrected chi connectivity index (χ1v) is 10.6. The van der Waals surface area contributed by atoms with Gasteiger partial charge in [-0.25, -0.2) is 0 Å². The maximum absolute atomic E-state index is 12.2. The van der Waals surface area contributed by atoms with Crippen LogP contribution in [-0.4, -0.2) is 52.2 Å². The molecule has 0 radical (unpaired) electrons. The summed E-state index contributed by atoms with van der Waals surface area (Å²) >= 11 is 2.49. The van der Waals surface area contributed by atoms with E-state index in [1.165, 1.54) is 23.1 Å². The van der Waals surface area contributed by atoms with E-state index in [1.54, 1.807) is 6.07 Å². The molecule has 1 aliphatic carbocycles. The summed E-state index contributed by atoms with van der Waals surface area (Å²) in [7, 11) is 0. The van der Waals surface area contributed by atoms with Crippen LogP contribution in [0.15, 0.2) is 14.9 Å². The second-order valence-electron chi connectivity index (χ2n) is 6.44. The van der Waals surface area contributed by atoms with Gasteiger partial charge >= 0.3 is 0 Å². The van der Waals surface area contributed by atoms with Gasteiger partial charge in [0.1, 0.15) is 5.76 Å². The summed E-state index contributed by atoms with van der Waals surface area (Å²) in [5.74, 6) is 0.931. The Morgan fingerprint density at radius 2 is 2.19 bits per heavy atom. The molecule has 0 aromatic carbocycles. The Morgan fingerprint density at radius 1 is 1.30 bits per heavy atom. The van der Waals surface area contributed by atoms with E-state index in [4.69, 9.17) is 9.26 Å². The lowest BCUT2D eigenvalue weighted by Gasteiger charge is -2.09. The SMILES string of the molecule is O=C(CSc1nnc(NC(=O)c2cc(C3CC3)on2)s1)NCC1CCCO1. The fraction of sp³-hybridized carbons (Fsp3) is 0.562.